The van der Waals surface area contributed by atoms with E-state index in [2.05, 4.69) is 40.5 Å². The first-order valence-corrected chi connectivity index (χ1v) is 6.79. The summed E-state index contributed by atoms with van der Waals surface area (Å²) in [5, 5.41) is 11.7. The lowest BCUT2D eigenvalue weighted by molar-refractivity contribution is 0.595. The number of para-hydroxylation sites is 1. The van der Waals surface area contributed by atoms with E-state index in [-0.39, 0.29) is 0 Å². The van der Waals surface area contributed by atoms with E-state index in [1.807, 2.05) is 36.5 Å². The first kappa shape index (κ1) is 12.7. The van der Waals surface area contributed by atoms with Crippen molar-refractivity contribution in [3.05, 3.63) is 48.2 Å². The average molecular weight is 267 g/mol. The third-order valence-electron chi connectivity index (χ3n) is 3.35. The van der Waals surface area contributed by atoms with Gasteiger partial charge in [0, 0.05) is 12.2 Å². The fourth-order valence-corrected chi connectivity index (χ4v) is 2.24. The molecule has 0 aliphatic rings. The number of fused-ring (bicyclic) bond motifs is 1. The molecule has 20 heavy (non-hydrogen) atoms. The van der Waals surface area contributed by atoms with Gasteiger partial charge in [0.15, 0.2) is 5.82 Å². The van der Waals surface area contributed by atoms with Crippen molar-refractivity contribution in [2.45, 2.75) is 19.9 Å². The van der Waals surface area contributed by atoms with Gasteiger partial charge >= 0.3 is 0 Å². The van der Waals surface area contributed by atoms with Gasteiger partial charge in [0.2, 0.25) is 0 Å². The summed E-state index contributed by atoms with van der Waals surface area (Å²) in [5.41, 5.74) is 3.01. The summed E-state index contributed by atoms with van der Waals surface area (Å²) in [7, 11) is 0. The van der Waals surface area contributed by atoms with Crippen molar-refractivity contribution in [1.29, 1.82) is 0 Å². The van der Waals surface area contributed by atoms with Crippen LogP contribution in [-0.2, 0) is 0 Å². The Kier molecular flexibility index (Phi) is 3.43. The summed E-state index contributed by atoms with van der Waals surface area (Å²) >= 11 is 0. The topological polar surface area (TPSA) is 55.6 Å². The molecule has 0 amide bonds. The summed E-state index contributed by atoms with van der Waals surface area (Å²) < 4.78 is 1.76. The number of pyridine rings is 1. The van der Waals surface area contributed by atoms with Gasteiger partial charge in [0.25, 0.3) is 0 Å². The normalized spacial score (nSPS) is 12.7. The van der Waals surface area contributed by atoms with Crippen molar-refractivity contribution >= 4 is 11.0 Å². The highest BCUT2D eigenvalue weighted by molar-refractivity contribution is 5.75. The van der Waals surface area contributed by atoms with Crippen molar-refractivity contribution in [2.24, 2.45) is 0 Å². The summed E-state index contributed by atoms with van der Waals surface area (Å²) in [6.07, 6.45) is 1.89. The van der Waals surface area contributed by atoms with Gasteiger partial charge in [-0.2, -0.15) is 4.68 Å². The molecule has 2 heterocycles. The smallest absolute Gasteiger partial charge is 0.155 e. The molecule has 1 atom stereocenters. The van der Waals surface area contributed by atoms with Gasteiger partial charge < -0.3 is 5.32 Å². The molecule has 0 bridgehead atoms. The third-order valence-corrected chi connectivity index (χ3v) is 3.35. The van der Waals surface area contributed by atoms with Gasteiger partial charge in [-0.3, -0.25) is 0 Å². The standard InChI is InChI=1S/C15H17N5/c1-3-16-11(2)12-8-9-15(17-10-12)20-14-7-5-4-6-13(14)18-19-20/h4-11,16H,3H2,1-2H3. The first-order chi connectivity index (χ1) is 9.79. The Bertz CT molecular complexity index is 702. The monoisotopic (exact) mass is 267 g/mol. The molecule has 3 aromatic rings. The lowest BCUT2D eigenvalue weighted by atomic mass is 10.1. The molecule has 1 N–H and O–H groups in total. The van der Waals surface area contributed by atoms with Gasteiger partial charge in [-0.15, -0.1) is 5.10 Å². The van der Waals surface area contributed by atoms with Crippen LogP contribution in [0.4, 0.5) is 0 Å². The molecule has 0 radical (unpaired) electrons. The van der Waals surface area contributed by atoms with Gasteiger partial charge in [-0.05, 0) is 37.2 Å². The van der Waals surface area contributed by atoms with E-state index in [4.69, 9.17) is 0 Å². The zero-order valence-corrected chi connectivity index (χ0v) is 11.6. The molecular formula is C15H17N5. The summed E-state index contributed by atoms with van der Waals surface area (Å²) in [4.78, 5) is 4.50. The van der Waals surface area contributed by atoms with Crippen LogP contribution in [0.2, 0.25) is 0 Å². The van der Waals surface area contributed by atoms with Crippen LogP contribution < -0.4 is 5.32 Å². The second kappa shape index (κ2) is 5.38. The highest BCUT2D eigenvalue weighted by atomic mass is 15.4. The minimum Gasteiger partial charge on any atom is -0.310 e. The van der Waals surface area contributed by atoms with Crippen LogP contribution in [-0.4, -0.2) is 26.5 Å². The van der Waals surface area contributed by atoms with Gasteiger partial charge in [-0.1, -0.05) is 30.3 Å². The van der Waals surface area contributed by atoms with Crippen molar-refractivity contribution in [1.82, 2.24) is 25.3 Å². The van der Waals surface area contributed by atoms with Crippen molar-refractivity contribution in [2.75, 3.05) is 6.54 Å². The predicted octanol–water partition coefficient (Wildman–Crippen LogP) is 2.49. The third kappa shape index (κ3) is 2.28. The van der Waals surface area contributed by atoms with Gasteiger partial charge in [-0.25, -0.2) is 4.98 Å². The van der Waals surface area contributed by atoms with Crippen molar-refractivity contribution in [3.8, 4) is 5.82 Å². The molecule has 0 aliphatic carbocycles. The number of hydrogen-bond acceptors (Lipinski definition) is 4. The highest BCUT2D eigenvalue weighted by Gasteiger charge is 2.08. The number of nitrogens with one attached hydrogen (secondary N) is 1. The zero-order valence-electron chi connectivity index (χ0n) is 11.6. The molecule has 0 spiro atoms. The predicted molar refractivity (Wildman–Crippen MR) is 78.8 cm³/mol. The van der Waals surface area contributed by atoms with Crippen LogP contribution in [0.5, 0.6) is 0 Å². The second-order valence-corrected chi connectivity index (χ2v) is 4.72. The Labute approximate surface area is 117 Å². The molecule has 0 saturated carbocycles. The van der Waals surface area contributed by atoms with Crippen molar-refractivity contribution in [3.63, 3.8) is 0 Å². The minimum absolute atomic E-state index is 0.300. The summed E-state index contributed by atoms with van der Waals surface area (Å²) in [5.74, 6) is 0.783. The van der Waals surface area contributed by atoms with Crippen LogP contribution in [0.15, 0.2) is 42.6 Å². The Morgan fingerprint density at radius 2 is 2.05 bits per heavy atom. The molecule has 3 rings (SSSR count). The van der Waals surface area contributed by atoms with Gasteiger partial charge in [0.1, 0.15) is 5.52 Å². The zero-order chi connectivity index (χ0) is 13.9. The van der Waals surface area contributed by atoms with E-state index < -0.39 is 0 Å². The maximum atomic E-state index is 4.50. The van der Waals surface area contributed by atoms with E-state index in [1.54, 1.807) is 4.68 Å². The molecule has 5 heteroatoms. The fraction of sp³-hybridized carbons (Fsp3) is 0.267. The minimum atomic E-state index is 0.300. The van der Waals surface area contributed by atoms with E-state index in [1.165, 1.54) is 5.56 Å². The molecule has 5 nitrogen and oxygen atoms in total. The van der Waals surface area contributed by atoms with E-state index in [0.717, 1.165) is 23.4 Å². The Hall–Kier alpha value is -2.27. The number of benzene rings is 1. The van der Waals surface area contributed by atoms with E-state index >= 15 is 0 Å². The van der Waals surface area contributed by atoms with Crippen LogP contribution in [0.25, 0.3) is 16.9 Å². The first-order valence-electron chi connectivity index (χ1n) is 6.79. The second-order valence-electron chi connectivity index (χ2n) is 4.72. The van der Waals surface area contributed by atoms with Crippen LogP contribution >= 0.6 is 0 Å². The number of aromatic nitrogens is 4. The molecule has 1 aromatic carbocycles. The summed E-state index contributed by atoms with van der Waals surface area (Å²) in [6.45, 7) is 5.17. The highest BCUT2D eigenvalue weighted by Crippen LogP contribution is 2.16. The molecule has 0 saturated heterocycles. The van der Waals surface area contributed by atoms with Crippen molar-refractivity contribution < 1.29 is 0 Å². The van der Waals surface area contributed by atoms with Crippen LogP contribution in [0, 0.1) is 0 Å². The Balaban J connectivity index is 1.95. The summed E-state index contributed by atoms with van der Waals surface area (Å²) in [6, 6.07) is 12.2. The molecular weight excluding hydrogens is 250 g/mol. The van der Waals surface area contributed by atoms with E-state index in [9.17, 15) is 0 Å². The van der Waals surface area contributed by atoms with Crippen LogP contribution in [0.3, 0.4) is 0 Å². The Morgan fingerprint density at radius 1 is 1.20 bits per heavy atom. The van der Waals surface area contributed by atoms with Gasteiger partial charge in [0.05, 0.1) is 5.52 Å². The number of rotatable bonds is 4. The maximum Gasteiger partial charge on any atom is 0.155 e. The van der Waals surface area contributed by atoms with Crippen LogP contribution in [0.1, 0.15) is 25.5 Å². The molecule has 1 unspecified atom stereocenters. The molecule has 0 aliphatic heterocycles. The maximum absolute atomic E-state index is 4.50. The Morgan fingerprint density at radius 3 is 2.80 bits per heavy atom. The SMILES string of the molecule is CCNC(C)c1ccc(-n2nnc3ccccc32)nc1. The lowest BCUT2D eigenvalue weighted by Crippen LogP contribution is -2.17. The lowest BCUT2D eigenvalue weighted by Gasteiger charge is -2.12. The molecule has 2 aromatic heterocycles. The number of hydrogen-bond donors (Lipinski definition) is 1. The fourth-order valence-electron chi connectivity index (χ4n) is 2.24. The average Bonchev–Trinajstić information content (AvgIpc) is 2.92. The largest absolute Gasteiger partial charge is 0.310 e. The molecule has 0 fully saturated rings. The van der Waals surface area contributed by atoms with E-state index in [0.29, 0.717) is 6.04 Å². The molecule has 102 valence electrons. The number of nitrogens with zero attached hydrogens (tertiary/aromatic N) is 4. The quantitative estimate of drug-likeness (QED) is 0.789.